The lowest BCUT2D eigenvalue weighted by Gasteiger charge is -2.28. The maximum atomic E-state index is 12.2. The van der Waals surface area contributed by atoms with Crippen LogP contribution in [0.15, 0.2) is 54.6 Å². The lowest BCUT2D eigenvalue weighted by Crippen LogP contribution is -2.37. The average Bonchev–Trinajstić information content (AvgIpc) is 2.55. The van der Waals surface area contributed by atoms with Crippen LogP contribution in [-0.2, 0) is 10.0 Å². The molecule has 2 aromatic rings. The van der Waals surface area contributed by atoms with Crippen molar-refractivity contribution in [3.63, 3.8) is 0 Å². The molecule has 0 radical (unpaired) electrons. The summed E-state index contributed by atoms with van der Waals surface area (Å²) in [5.41, 5.74) is 1.83. The molecule has 120 valence electrons. The van der Waals surface area contributed by atoms with E-state index >= 15 is 0 Å². The van der Waals surface area contributed by atoms with Crippen molar-refractivity contribution >= 4 is 27.3 Å². The molecule has 1 saturated heterocycles. The van der Waals surface area contributed by atoms with Gasteiger partial charge in [-0.25, -0.2) is 8.42 Å². The van der Waals surface area contributed by atoms with E-state index in [1.807, 2.05) is 30.3 Å². The Balaban J connectivity index is 1.75. The molecule has 1 amide bonds. The maximum Gasteiger partial charge on any atom is 0.255 e. The highest BCUT2D eigenvalue weighted by molar-refractivity contribution is 7.92. The van der Waals surface area contributed by atoms with Crippen molar-refractivity contribution in [3.8, 4) is 0 Å². The van der Waals surface area contributed by atoms with Crippen LogP contribution in [0.5, 0.6) is 0 Å². The summed E-state index contributed by atoms with van der Waals surface area (Å²) in [4.78, 5) is 12.2. The smallest absolute Gasteiger partial charge is 0.255 e. The van der Waals surface area contributed by atoms with Crippen LogP contribution in [0.3, 0.4) is 0 Å². The topological polar surface area (TPSA) is 66.5 Å². The van der Waals surface area contributed by atoms with Gasteiger partial charge in [-0.2, -0.15) is 0 Å². The van der Waals surface area contributed by atoms with E-state index in [2.05, 4.69) is 5.32 Å². The summed E-state index contributed by atoms with van der Waals surface area (Å²) in [5, 5.41) is 2.80. The number of carbonyl (C=O) groups excluding carboxylic acids is 1. The Labute approximate surface area is 136 Å². The lowest BCUT2D eigenvalue weighted by molar-refractivity contribution is 0.102. The van der Waals surface area contributed by atoms with Crippen LogP contribution >= 0.6 is 0 Å². The van der Waals surface area contributed by atoms with Gasteiger partial charge in [0.1, 0.15) is 0 Å². The van der Waals surface area contributed by atoms with E-state index in [1.165, 1.54) is 4.31 Å². The number of nitrogens with zero attached hydrogens (tertiary/aromatic N) is 1. The van der Waals surface area contributed by atoms with Gasteiger partial charge in [0, 0.05) is 17.8 Å². The van der Waals surface area contributed by atoms with Crippen LogP contribution in [0.4, 0.5) is 11.4 Å². The van der Waals surface area contributed by atoms with Gasteiger partial charge < -0.3 is 5.32 Å². The first-order valence-electron chi connectivity index (χ1n) is 7.53. The molecule has 1 heterocycles. The fourth-order valence-electron chi connectivity index (χ4n) is 2.58. The largest absolute Gasteiger partial charge is 0.322 e. The highest BCUT2D eigenvalue weighted by atomic mass is 32.2. The zero-order valence-electron chi connectivity index (χ0n) is 12.6. The molecule has 3 rings (SSSR count). The highest BCUT2D eigenvalue weighted by Gasteiger charge is 2.25. The van der Waals surface area contributed by atoms with Crippen molar-refractivity contribution in [2.24, 2.45) is 0 Å². The van der Waals surface area contributed by atoms with Gasteiger partial charge in [0.25, 0.3) is 5.91 Å². The number of amides is 1. The first-order chi connectivity index (χ1) is 11.1. The van der Waals surface area contributed by atoms with Crippen molar-refractivity contribution in [3.05, 3.63) is 60.2 Å². The Kier molecular flexibility index (Phi) is 4.34. The number of anilines is 2. The Morgan fingerprint density at radius 3 is 2.30 bits per heavy atom. The number of benzene rings is 2. The minimum Gasteiger partial charge on any atom is -0.322 e. The third-order valence-electron chi connectivity index (χ3n) is 3.80. The molecule has 1 N–H and O–H groups in total. The minimum atomic E-state index is -3.23. The van der Waals surface area contributed by atoms with Gasteiger partial charge in [-0.1, -0.05) is 18.2 Å². The number of hydrogen-bond donors (Lipinski definition) is 1. The summed E-state index contributed by atoms with van der Waals surface area (Å²) in [5.74, 6) is -0.0345. The van der Waals surface area contributed by atoms with E-state index in [4.69, 9.17) is 0 Å². The molecule has 0 aromatic heterocycles. The molecule has 2 aromatic carbocycles. The standard InChI is InChI=1S/C17H18N2O3S/c20-17(18-15-6-2-1-3-7-15)14-8-10-16(11-9-14)19-12-4-5-13-23(19,21)22/h1-3,6-11H,4-5,12-13H2,(H,18,20). The molecule has 5 nitrogen and oxygen atoms in total. The number of nitrogens with one attached hydrogen (secondary N) is 1. The van der Waals surface area contributed by atoms with Gasteiger partial charge in [-0.15, -0.1) is 0 Å². The van der Waals surface area contributed by atoms with Crippen LogP contribution < -0.4 is 9.62 Å². The van der Waals surface area contributed by atoms with Gasteiger partial charge in [0.2, 0.25) is 10.0 Å². The van der Waals surface area contributed by atoms with Crippen molar-refractivity contribution < 1.29 is 13.2 Å². The number of para-hydroxylation sites is 1. The van der Waals surface area contributed by atoms with Crippen molar-refractivity contribution in [1.29, 1.82) is 0 Å². The van der Waals surface area contributed by atoms with Gasteiger partial charge in [0.05, 0.1) is 11.4 Å². The van der Waals surface area contributed by atoms with Crippen LogP contribution in [0.2, 0.25) is 0 Å². The number of hydrogen-bond acceptors (Lipinski definition) is 3. The van der Waals surface area contributed by atoms with Crippen LogP contribution in [0.1, 0.15) is 23.2 Å². The summed E-state index contributed by atoms with van der Waals surface area (Å²) in [6.07, 6.45) is 1.56. The quantitative estimate of drug-likeness (QED) is 0.941. The molecule has 6 heteroatoms. The Morgan fingerprint density at radius 2 is 1.65 bits per heavy atom. The summed E-state index contributed by atoms with van der Waals surface area (Å²) in [6, 6.07) is 15.9. The molecule has 23 heavy (non-hydrogen) atoms. The normalized spacial score (nSPS) is 16.8. The maximum absolute atomic E-state index is 12.2. The molecule has 0 atom stereocenters. The van der Waals surface area contributed by atoms with E-state index < -0.39 is 10.0 Å². The van der Waals surface area contributed by atoms with Crippen LogP contribution in [0, 0.1) is 0 Å². The summed E-state index contributed by atoms with van der Waals surface area (Å²) in [6.45, 7) is 0.498. The van der Waals surface area contributed by atoms with E-state index in [9.17, 15) is 13.2 Å². The van der Waals surface area contributed by atoms with E-state index in [1.54, 1.807) is 24.3 Å². The summed E-state index contributed by atoms with van der Waals surface area (Å²) in [7, 11) is -3.23. The van der Waals surface area contributed by atoms with E-state index in [0.29, 0.717) is 24.2 Å². The highest BCUT2D eigenvalue weighted by Crippen LogP contribution is 2.24. The number of rotatable bonds is 3. The molecule has 0 bridgehead atoms. The van der Waals surface area contributed by atoms with E-state index in [-0.39, 0.29) is 11.7 Å². The first-order valence-corrected chi connectivity index (χ1v) is 9.14. The average molecular weight is 330 g/mol. The molecule has 0 saturated carbocycles. The molecular formula is C17H18N2O3S. The van der Waals surface area contributed by atoms with Gasteiger partial charge in [-0.3, -0.25) is 9.10 Å². The Bertz CT molecular complexity index is 786. The predicted octanol–water partition coefficient (Wildman–Crippen LogP) is 2.87. The second-order valence-electron chi connectivity index (χ2n) is 5.46. The molecule has 0 spiro atoms. The molecule has 0 unspecified atom stereocenters. The molecular weight excluding hydrogens is 312 g/mol. The Hall–Kier alpha value is -2.34. The zero-order chi connectivity index (χ0) is 16.3. The fourth-order valence-corrected chi connectivity index (χ4v) is 4.22. The van der Waals surface area contributed by atoms with Gasteiger partial charge >= 0.3 is 0 Å². The van der Waals surface area contributed by atoms with Crippen LogP contribution in [0.25, 0.3) is 0 Å². The minimum absolute atomic E-state index is 0.184. The monoisotopic (exact) mass is 330 g/mol. The van der Waals surface area contributed by atoms with E-state index in [0.717, 1.165) is 12.1 Å². The fraction of sp³-hybridized carbons (Fsp3) is 0.235. The van der Waals surface area contributed by atoms with Crippen LogP contribution in [-0.4, -0.2) is 26.6 Å². The molecule has 0 aliphatic carbocycles. The van der Waals surface area contributed by atoms with Crippen molar-refractivity contribution in [2.75, 3.05) is 21.9 Å². The zero-order valence-corrected chi connectivity index (χ0v) is 13.4. The lowest BCUT2D eigenvalue weighted by atomic mass is 10.2. The SMILES string of the molecule is O=C(Nc1ccccc1)c1ccc(N2CCCCS2(=O)=O)cc1. The van der Waals surface area contributed by atoms with Gasteiger partial charge in [0.15, 0.2) is 0 Å². The summed E-state index contributed by atoms with van der Waals surface area (Å²) < 4.78 is 25.6. The molecule has 1 aliphatic rings. The van der Waals surface area contributed by atoms with Gasteiger partial charge in [-0.05, 0) is 49.2 Å². The summed E-state index contributed by atoms with van der Waals surface area (Å²) >= 11 is 0. The first kappa shape index (κ1) is 15.6. The third kappa shape index (κ3) is 3.53. The molecule has 1 fully saturated rings. The molecule has 1 aliphatic heterocycles. The third-order valence-corrected chi connectivity index (χ3v) is 5.67. The number of carbonyl (C=O) groups is 1. The number of sulfonamides is 1. The second kappa shape index (κ2) is 6.42. The Morgan fingerprint density at radius 1 is 0.957 bits per heavy atom. The van der Waals surface area contributed by atoms with Crippen molar-refractivity contribution in [2.45, 2.75) is 12.8 Å². The van der Waals surface area contributed by atoms with Crippen molar-refractivity contribution in [1.82, 2.24) is 0 Å². The predicted molar refractivity (Wildman–Crippen MR) is 91.2 cm³/mol. The second-order valence-corrected chi connectivity index (χ2v) is 7.48.